The Morgan fingerprint density at radius 2 is 1.83 bits per heavy atom. The number of nitrogens with zero attached hydrogens (tertiary/aromatic N) is 1. The minimum atomic E-state index is -0.170. The zero-order valence-electron chi connectivity index (χ0n) is 10.7. The Kier molecular flexibility index (Phi) is 3.10. The second-order valence-electron chi connectivity index (χ2n) is 4.26. The number of nitrogen functional groups attached to an aromatic ring is 1. The third-order valence-corrected chi connectivity index (χ3v) is 2.89. The largest absolute Gasteiger partial charge is 0.491 e. The predicted molar refractivity (Wildman–Crippen MR) is 72.5 cm³/mol. The molecule has 2 aromatic rings. The zero-order chi connectivity index (χ0) is 13.3. The number of ether oxygens (including phenoxy) is 1. The second-order valence-corrected chi connectivity index (χ2v) is 4.26. The fourth-order valence-corrected chi connectivity index (χ4v) is 2.18. The molecule has 2 N–H and O–H groups in total. The molecule has 94 valence electrons. The minimum Gasteiger partial charge on any atom is -0.491 e. The fourth-order valence-electron chi connectivity index (χ4n) is 2.18. The van der Waals surface area contributed by atoms with Gasteiger partial charge in [0.25, 0.3) is 5.56 Å². The van der Waals surface area contributed by atoms with Crippen LogP contribution in [0.15, 0.2) is 35.3 Å². The summed E-state index contributed by atoms with van der Waals surface area (Å²) < 4.78 is 6.64. The molecular formula is C14H16N2O2. The molecule has 1 heterocycles. The lowest BCUT2D eigenvalue weighted by Crippen LogP contribution is -2.20. The highest BCUT2D eigenvalue weighted by Crippen LogP contribution is 2.21. The highest BCUT2D eigenvalue weighted by molar-refractivity contribution is 5.56. The first-order valence-electron chi connectivity index (χ1n) is 5.67. The second kappa shape index (κ2) is 4.56. The molecule has 0 bridgehead atoms. The van der Waals surface area contributed by atoms with E-state index in [9.17, 15) is 4.79 Å². The molecule has 4 nitrogen and oxygen atoms in total. The third-order valence-electron chi connectivity index (χ3n) is 2.89. The number of aryl methyl sites for hydroxylation is 2. The maximum absolute atomic E-state index is 12.2. The van der Waals surface area contributed by atoms with Crippen LogP contribution in [-0.4, -0.2) is 11.7 Å². The summed E-state index contributed by atoms with van der Waals surface area (Å²) in [5.74, 6) is 0.327. The van der Waals surface area contributed by atoms with Gasteiger partial charge in [0.15, 0.2) is 5.75 Å². The average molecular weight is 244 g/mol. The van der Waals surface area contributed by atoms with Crippen LogP contribution in [-0.2, 0) is 0 Å². The summed E-state index contributed by atoms with van der Waals surface area (Å²) in [6.45, 7) is 3.87. The van der Waals surface area contributed by atoms with Gasteiger partial charge in [0.05, 0.1) is 12.8 Å². The van der Waals surface area contributed by atoms with Crippen molar-refractivity contribution >= 4 is 5.69 Å². The van der Waals surface area contributed by atoms with Crippen LogP contribution in [0.2, 0.25) is 0 Å². The van der Waals surface area contributed by atoms with Crippen LogP contribution < -0.4 is 16.0 Å². The Labute approximate surface area is 106 Å². The highest BCUT2D eigenvalue weighted by atomic mass is 16.5. The molecule has 18 heavy (non-hydrogen) atoms. The van der Waals surface area contributed by atoms with Gasteiger partial charge in [0, 0.05) is 11.9 Å². The Morgan fingerprint density at radius 3 is 2.39 bits per heavy atom. The van der Waals surface area contributed by atoms with Gasteiger partial charge in [-0.1, -0.05) is 0 Å². The molecule has 0 aliphatic rings. The Bertz CT molecular complexity index is 621. The molecule has 0 saturated heterocycles. The van der Waals surface area contributed by atoms with E-state index in [2.05, 4.69) is 0 Å². The quantitative estimate of drug-likeness (QED) is 0.822. The molecule has 0 spiro atoms. The van der Waals surface area contributed by atoms with Crippen LogP contribution in [0.25, 0.3) is 5.69 Å². The summed E-state index contributed by atoms with van der Waals surface area (Å²) >= 11 is 0. The lowest BCUT2D eigenvalue weighted by atomic mass is 10.1. The molecule has 0 aliphatic heterocycles. The van der Waals surface area contributed by atoms with Gasteiger partial charge in [0.2, 0.25) is 0 Å². The van der Waals surface area contributed by atoms with Gasteiger partial charge in [-0.3, -0.25) is 9.36 Å². The van der Waals surface area contributed by atoms with Crippen LogP contribution in [0.5, 0.6) is 5.75 Å². The number of hydrogen-bond donors (Lipinski definition) is 1. The predicted octanol–water partition coefficient (Wildman–Crippen LogP) is 2.05. The number of benzene rings is 1. The zero-order valence-corrected chi connectivity index (χ0v) is 10.7. The van der Waals surface area contributed by atoms with Gasteiger partial charge in [0.1, 0.15) is 0 Å². The van der Waals surface area contributed by atoms with Gasteiger partial charge >= 0.3 is 0 Å². The van der Waals surface area contributed by atoms with Crippen LogP contribution in [0.3, 0.4) is 0 Å². The normalized spacial score (nSPS) is 10.4. The number of hydrogen-bond acceptors (Lipinski definition) is 3. The maximum Gasteiger partial charge on any atom is 0.297 e. The van der Waals surface area contributed by atoms with Gasteiger partial charge in [-0.05, 0) is 49.2 Å². The van der Waals surface area contributed by atoms with Crippen LogP contribution in [0.1, 0.15) is 11.1 Å². The molecule has 1 aromatic heterocycles. The van der Waals surface area contributed by atoms with Crippen molar-refractivity contribution in [3.63, 3.8) is 0 Å². The smallest absolute Gasteiger partial charge is 0.297 e. The first-order chi connectivity index (χ1) is 8.54. The van der Waals surface area contributed by atoms with Crippen LogP contribution >= 0.6 is 0 Å². The lowest BCUT2D eigenvalue weighted by Gasteiger charge is -2.14. The molecule has 0 amide bonds. The number of rotatable bonds is 2. The number of methoxy groups -OCH3 is 1. The Morgan fingerprint density at radius 1 is 1.22 bits per heavy atom. The summed E-state index contributed by atoms with van der Waals surface area (Å²) in [5, 5.41) is 0. The van der Waals surface area contributed by atoms with Crippen molar-refractivity contribution < 1.29 is 4.74 Å². The van der Waals surface area contributed by atoms with E-state index in [1.165, 1.54) is 7.11 Å². The van der Waals surface area contributed by atoms with E-state index in [0.29, 0.717) is 11.4 Å². The lowest BCUT2D eigenvalue weighted by molar-refractivity contribution is 0.406. The van der Waals surface area contributed by atoms with E-state index in [4.69, 9.17) is 10.5 Å². The van der Waals surface area contributed by atoms with E-state index in [0.717, 1.165) is 16.8 Å². The molecule has 2 rings (SSSR count). The van der Waals surface area contributed by atoms with E-state index < -0.39 is 0 Å². The number of aromatic nitrogens is 1. The summed E-state index contributed by atoms with van der Waals surface area (Å²) in [6.07, 6.45) is 1.73. The molecule has 0 radical (unpaired) electrons. The van der Waals surface area contributed by atoms with E-state index >= 15 is 0 Å². The van der Waals surface area contributed by atoms with Crippen molar-refractivity contribution in [1.82, 2.24) is 4.57 Å². The van der Waals surface area contributed by atoms with Crippen molar-refractivity contribution in [1.29, 1.82) is 0 Å². The average Bonchev–Trinajstić information content (AvgIpc) is 2.30. The van der Waals surface area contributed by atoms with E-state index in [1.54, 1.807) is 22.9 Å². The fraction of sp³-hybridized carbons (Fsp3) is 0.214. The molecule has 0 atom stereocenters. The monoisotopic (exact) mass is 244 g/mol. The molecule has 0 unspecified atom stereocenters. The summed E-state index contributed by atoms with van der Waals surface area (Å²) in [5.41, 5.74) is 9.09. The number of pyridine rings is 1. The van der Waals surface area contributed by atoms with Crippen molar-refractivity contribution in [2.45, 2.75) is 13.8 Å². The molecule has 1 aromatic carbocycles. The minimum absolute atomic E-state index is 0.170. The molecule has 0 fully saturated rings. The van der Waals surface area contributed by atoms with Gasteiger partial charge < -0.3 is 10.5 Å². The Balaban J connectivity index is 2.74. The van der Waals surface area contributed by atoms with Crippen LogP contribution in [0, 0.1) is 13.8 Å². The molecule has 4 heteroatoms. The highest BCUT2D eigenvalue weighted by Gasteiger charge is 2.10. The summed E-state index contributed by atoms with van der Waals surface area (Å²) in [4.78, 5) is 12.2. The summed E-state index contributed by atoms with van der Waals surface area (Å²) in [7, 11) is 1.49. The van der Waals surface area contributed by atoms with Crippen molar-refractivity contribution in [3.8, 4) is 11.4 Å². The maximum atomic E-state index is 12.2. The van der Waals surface area contributed by atoms with Crippen molar-refractivity contribution in [2.75, 3.05) is 12.8 Å². The van der Waals surface area contributed by atoms with Crippen LogP contribution in [0.4, 0.5) is 5.69 Å². The topological polar surface area (TPSA) is 57.2 Å². The van der Waals surface area contributed by atoms with Gasteiger partial charge in [-0.15, -0.1) is 0 Å². The van der Waals surface area contributed by atoms with E-state index in [-0.39, 0.29) is 5.56 Å². The summed E-state index contributed by atoms with van der Waals surface area (Å²) in [6, 6.07) is 7.15. The van der Waals surface area contributed by atoms with Crippen molar-refractivity contribution in [2.24, 2.45) is 0 Å². The molecular weight excluding hydrogens is 228 g/mol. The van der Waals surface area contributed by atoms with Gasteiger partial charge in [-0.25, -0.2) is 0 Å². The van der Waals surface area contributed by atoms with Gasteiger partial charge in [-0.2, -0.15) is 0 Å². The Hall–Kier alpha value is -2.23. The number of nitrogens with two attached hydrogens (primary N) is 1. The first-order valence-corrected chi connectivity index (χ1v) is 5.67. The third kappa shape index (κ3) is 1.97. The van der Waals surface area contributed by atoms with E-state index in [1.807, 2.05) is 26.0 Å². The number of anilines is 1. The standard InChI is InChI=1S/C14H16N2O2/c1-9-7-11(15)8-10(2)13(9)16-6-4-5-12(18-3)14(16)17/h4-8H,15H2,1-3H3. The molecule has 0 aliphatic carbocycles. The SMILES string of the molecule is COc1cccn(-c2c(C)cc(N)cc2C)c1=O. The first kappa shape index (κ1) is 12.2. The van der Waals surface area contributed by atoms with Crippen molar-refractivity contribution in [3.05, 3.63) is 51.9 Å². The molecule has 0 saturated carbocycles.